The highest BCUT2D eigenvalue weighted by Crippen LogP contribution is 2.31. The lowest BCUT2D eigenvalue weighted by atomic mass is 10.1. The van der Waals surface area contributed by atoms with Crippen LogP contribution in [-0.4, -0.2) is 4.98 Å². The molecule has 2 aromatic rings. The highest BCUT2D eigenvalue weighted by atomic mass is 35.5. The van der Waals surface area contributed by atoms with Crippen molar-refractivity contribution in [3.63, 3.8) is 0 Å². The predicted molar refractivity (Wildman–Crippen MR) is 64.7 cm³/mol. The second kappa shape index (κ2) is 4.40. The van der Waals surface area contributed by atoms with Crippen molar-refractivity contribution in [3.05, 3.63) is 51.7 Å². The van der Waals surface area contributed by atoms with Crippen molar-refractivity contribution in [1.82, 2.24) is 4.98 Å². The quantitative estimate of drug-likeness (QED) is 0.722. The van der Waals surface area contributed by atoms with E-state index >= 15 is 0 Å². The van der Waals surface area contributed by atoms with Crippen molar-refractivity contribution in [2.24, 2.45) is 0 Å². The molecular formula is C11H6Cl3N. The Labute approximate surface area is 103 Å². The SMILES string of the molecule is Clc1ccc(-c2cnccc2Cl)cc1Cl. The van der Waals surface area contributed by atoms with E-state index in [2.05, 4.69) is 4.98 Å². The van der Waals surface area contributed by atoms with Gasteiger partial charge in [0.1, 0.15) is 0 Å². The number of pyridine rings is 1. The number of aromatic nitrogens is 1. The second-order valence-electron chi connectivity index (χ2n) is 2.98. The Hall–Kier alpha value is -0.760. The van der Waals surface area contributed by atoms with Crippen LogP contribution >= 0.6 is 34.8 Å². The summed E-state index contributed by atoms with van der Waals surface area (Å²) in [6, 6.07) is 7.10. The van der Waals surface area contributed by atoms with Crippen LogP contribution in [-0.2, 0) is 0 Å². The van der Waals surface area contributed by atoms with Crippen LogP contribution in [0.25, 0.3) is 11.1 Å². The van der Waals surface area contributed by atoms with E-state index in [1.807, 2.05) is 6.07 Å². The van der Waals surface area contributed by atoms with Gasteiger partial charge in [0.15, 0.2) is 0 Å². The summed E-state index contributed by atoms with van der Waals surface area (Å²) in [4.78, 5) is 4.01. The first-order valence-electron chi connectivity index (χ1n) is 4.23. The molecule has 0 fully saturated rings. The Balaban J connectivity index is 2.55. The molecule has 1 heterocycles. The zero-order valence-electron chi connectivity index (χ0n) is 7.55. The lowest BCUT2D eigenvalue weighted by molar-refractivity contribution is 1.33. The van der Waals surface area contributed by atoms with Crippen LogP contribution in [0.3, 0.4) is 0 Å². The average Bonchev–Trinajstić information content (AvgIpc) is 2.23. The van der Waals surface area contributed by atoms with Gasteiger partial charge in [-0.15, -0.1) is 0 Å². The van der Waals surface area contributed by atoms with E-state index < -0.39 is 0 Å². The molecule has 1 aromatic carbocycles. The Morgan fingerprint density at radius 2 is 1.67 bits per heavy atom. The van der Waals surface area contributed by atoms with E-state index in [4.69, 9.17) is 34.8 Å². The maximum Gasteiger partial charge on any atom is 0.0598 e. The van der Waals surface area contributed by atoms with E-state index in [1.165, 1.54) is 0 Å². The van der Waals surface area contributed by atoms with E-state index in [0.29, 0.717) is 15.1 Å². The van der Waals surface area contributed by atoms with Gasteiger partial charge in [-0.05, 0) is 23.8 Å². The molecule has 0 aliphatic heterocycles. The fraction of sp³-hybridized carbons (Fsp3) is 0. The fourth-order valence-corrected chi connectivity index (χ4v) is 1.77. The summed E-state index contributed by atoms with van der Waals surface area (Å²) in [5.41, 5.74) is 1.75. The van der Waals surface area contributed by atoms with Crippen LogP contribution in [0.4, 0.5) is 0 Å². The summed E-state index contributed by atoms with van der Waals surface area (Å²) in [5.74, 6) is 0. The van der Waals surface area contributed by atoms with Crippen LogP contribution in [0.1, 0.15) is 0 Å². The summed E-state index contributed by atoms with van der Waals surface area (Å²) in [5, 5.41) is 1.68. The molecular weight excluding hydrogens is 252 g/mol. The van der Waals surface area contributed by atoms with E-state index in [1.54, 1.807) is 30.6 Å². The molecule has 0 unspecified atom stereocenters. The third-order valence-corrected chi connectivity index (χ3v) is 3.07. The molecule has 0 aliphatic carbocycles. The van der Waals surface area contributed by atoms with Crippen molar-refractivity contribution in [2.45, 2.75) is 0 Å². The molecule has 4 heteroatoms. The van der Waals surface area contributed by atoms with Crippen LogP contribution in [0, 0.1) is 0 Å². The smallest absolute Gasteiger partial charge is 0.0598 e. The minimum absolute atomic E-state index is 0.508. The molecule has 0 amide bonds. The van der Waals surface area contributed by atoms with Crippen LogP contribution in [0.15, 0.2) is 36.7 Å². The minimum atomic E-state index is 0.508. The fourth-order valence-electron chi connectivity index (χ4n) is 1.25. The van der Waals surface area contributed by atoms with Gasteiger partial charge < -0.3 is 0 Å². The van der Waals surface area contributed by atoms with Gasteiger partial charge in [-0.1, -0.05) is 40.9 Å². The van der Waals surface area contributed by atoms with E-state index in [-0.39, 0.29) is 0 Å². The summed E-state index contributed by atoms with van der Waals surface area (Å²) < 4.78 is 0. The van der Waals surface area contributed by atoms with E-state index in [0.717, 1.165) is 11.1 Å². The predicted octanol–water partition coefficient (Wildman–Crippen LogP) is 4.71. The normalized spacial score (nSPS) is 10.3. The maximum atomic E-state index is 6.03. The molecule has 1 nitrogen and oxygen atoms in total. The molecule has 2 rings (SSSR count). The van der Waals surface area contributed by atoms with Gasteiger partial charge in [0.05, 0.1) is 15.1 Å². The minimum Gasteiger partial charge on any atom is -0.264 e. The number of hydrogen-bond donors (Lipinski definition) is 0. The van der Waals surface area contributed by atoms with Gasteiger partial charge in [-0.3, -0.25) is 4.98 Å². The summed E-state index contributed by atoms with van der Waals surface area (Å²) in [6.07, 6.45) is 3.34. The summed E-state index contributed by atoms with van der Waals surface area (Å²) >= 11 is 17.8. The number of rotatable bonds is 1. The molecule has 0 saturated carbocycles. The first kappa shape index (κ1) is 10.7. The molecule has 0 bridgehead atoms. The summed E-state index contributed by atoms with van der Waals surface area (Å²) in [7, 11) is 0. The van der Waals surface area contributed by atoms with Crippen LogP contribution in [0.5, 0.6) is 0 Å². The molecule has 0 radical (unpaired) electrons. The molecule has 76 valence electrons. The molecule has 0 spiro atoms. The second-order valence-corrected chi connectivity index (χ2v) is 4.21. The van der Waals surface area contributed by atoms with Crippen molar-refractivity contribution >= 4 is 34.8 Å². The van der Waals surface area contributed by atoms with Crippen molar-refractivity contribution in [3.8, 4) is 11.1 Å². The van der Waals surface area contributed by atoms with E-state index in [9.17, 15) is 0 Å². The lowest BCUT2D eigenvalue weighted by Crippen LogP contribution is -1.81. The number of nitrogens with zero attached hydrogens (tertiary/aromatic N) is 1. The van der Waals surface area contributed by atoms with Crippen molar-refractivity contribution in [2.75, 3.05) is 0 Å². The van der Waals surface area contributed by atoms with Gasteiger partial charge in [0.2, 0.25) is 0 Å². The molecule has 0 saturated heterocycles. The molecule has 0 aliphatic rings. The Morgan fingerprint density at radius 3 is 2.33 bits per heavy atom. The van der Waals surface area contributed by atoms with Gasteiger partial charge in [-0.25, -0.2) is 0 Å². The number of benzene rings is 1. The van der Waals surface area contributed by atoms with Crippen molar-refractivity contribution < 1.29 is 0 Å². The third-order valence-electron chi connectivity index (χ3n) is 2.00. The zero-order chi connectivity index (χ0) is 10.8. The topological polar surface area (TPSA) is 12.9 Å². The van der Waals surface area contributed by atoms with Gasteiger partial charge in [0, 0.05) is 18.0 Å². The lowest BCUT2D eigenvalue weighted by Gasteiger charge is -2.04. The first-order chi connectivity index (χ1) is 7.18. The highest BCUT2D eigenvalue weighted by Gasteiger charge is 2.05. The molecule has 1 aromatic heterocycles. The number of hydrogen-bond acceptors (Lipinski definition) is 1. The molecule has 15 heavy (non-hydrogen) atoms. The van der Waals surface area contributed by atoms with Crippen LogP contribution in [0.2, 0.25) is 15.1 Å². The van der Waals surface area contributed by atoms with Crippen molar-refractivity contribution in [1.29, 1.82) is 0 Å². The Bertz CT molecular complexity index is 497. The Kier molecular flexibility index (Phi) is 3.15. The standard InChI is InChI=1S/C11H6Cl3N/c12-9-3-4-15-6-8(9)7-1-2-10(13)11(14)5-7/h1-6H. The van der Waals surface area contributed by atoms with Gasteiger partial charge >= 0.3 is 0 Å². The number of halogens is 3. The monoisotopic (exact) mass is 257 g/mol. The van der Waals surface area contributed by atoms with Crippen LogP contribution < -0.4 is 0 Å². The largest absolute Gasteiger partial charge is 0.264 e. The maximum absolute atomic E-state index is 6.03. The van der Waals surface area contributed by atoms with Gasteiger partial charge in [0.25, 0.3) is 0 Å². The molecule has 0 atom stereocenters. The zero-order valence-corrected chi connectivity index (χ0v) is 9.81. The third kappa shape index (κ3) is 2.25. The average molecular weight is 259 g/mol. The first-order valence-corrected chi connectivity index (χ1v) is 5.37. The Morgan fingerprint density at radius 1 is 0.867 bits per heavy atom. The summed E-state index contributed by atoms with van der Waals surface area (Å²) in [6.45, 7) is 0. The van der Waals surface area contributed by atoms with Gasteiger partial charge in [-0.2, -0.15) is 0 Å². The molecule has 0 N–H and O–H groups in total. The highest BCUT2D eigenvalue weighted by molar-refractivity contribution is 6.42.